The number of amides is 2. The van der Waals surface area contributed by atoms with E-state index in [2.05, 4.69) is 36.0 Å². The van der Waals surface area contributed by atoms with Gasteiger partial charge in [-0.3, -0.25) is 19.8 Å². The second kappa shape index (κ2) is 11.3. The number of anilines is 1. The van der Waals surface area contributed by atoms with Crippen molar-refractivity contribution >= 4 is 28.3 Å². The highest BCUT2D eigenvalue weighted by molar-refractivity contribution is 7.14. The Morgan fingerprint density at radius 1 is 1.06 bits per heavy atom. The summed E-state index contributed by atoms with van der Waals surface area (Å²) in [5.74, 6) is 1.20. The molecular weight excluding hydrogens is 448 g/mol. The molecule has 2 amide bonds. The van der Waals surface area contributed by atoms with Gasteiger partial charge in [-0.2, -0.15) is 0 Å². The molecule has 2 unspecified atom stereocenters. The minimum absolute atomic E-state index is 0.0119. The van der Waals surface area contributed by atoms with Crippen LogP contribution in [0.15, 0.2) is 29.6 Å². The van der Waals surface area contributed by atoms with Crippen molar-refractivity contribution in [3.63, 3.8) is 0 Å². The van der Waals surface area contributed by atoms with Crippen molar-refractivity contribution in [2.24, 2.45) is 5.92 Å². The highest BCUT2D eigenvalue weighted by Gasteiger charge is 2.29. The van der Waals surface area contributed by atoms with E-state index in [1.807, 2.05) is 10.3 Å². The Bertz CT molecular complexity index is 959. The largest absolute Gasteiger partial charge is 0.484 e. The molecule has 0 bridgehead atoms. The zero-order valence-corrected chi connectivity index (χ0v) is 21.3. The standard InChI is InChI=1S/C26H36N4O3S/c1-18-11-13-29(14-12-18)15-22-17-34-26(27-22)28-25(32)21-7-9-23(10-8-21)33-16-24(31)30-19(2)5-4-6-20(30)3/h7-10,17-20H,4-6,11-16H2,1-3H3,(H,27,28,32). The van der Waals surface area contributed by atoms with E-state index in [9.17, 15) is 9.59 Å². The van der Waals surface area contributed by atoms with Crippen molar-refractivity contribution in [2.45, 2.75) is 71.5 Å². The summed E-state index contributed by atoms with van der Waals surface area (Å²) in [5.41, 5.74) is 1.53. The smallest absolute Gasteiger partial charge is 0.260 e. The number of ether oxygens (including phenoxy) is 1. The molecule has 2 aliphatic rings. The lowest BCUT2D eigenvalue weighted by Gasteiger charge is -2.38. The minimum atomic E-state index is -0.203. The molecule has 2 aromatic rings. The van der Waals surface area contributed by atoms with Gasteiger partial charge in [0.1, 0.15) is 5.75 Å². The quantitative estimate of drug-likeness (QED) is 0.611. The molecule has 0 saturated carbocycles. The number of hydrogen-bond acceptors (Lipinski definition) is 6. The van der Waals surface area contributed by atoms with Gasteiger partial charge in [0.05, 0.1) is 5.69 Å². The molecule has 2 atom stereocenters. The molecular formula is C26H36N4O3S. The number of hydrogen-bond donors (Lipinski definition) is 1. The zero-order chi connectivity index (χ0) is 24.1. The van der Waals surface area contributed by atoms with E-state index in [1.165, 1.54) is 24.2 Å². The Balaban J connectivity index is 1.25. The van der Waals surface area contributed by atoms with Gasteiger partial charge in [0.25, 0.3) is 11.8 Å². The molecule has 1 N–H and O–H groups in total. The number of thiazole rings is 1. The fourth-order valence-corrected chi connectivity index (χ4v) is 5.59. The van der Waals surface area contributed by atoms with Gasteiger partial charge in [-0.15, -0.1) is 11.3 Å². The van der Waals surface area contributed by atoms with Crippen LogP contribution >= 0.6 is 11.3 Å². The van der Waals surface area contributed by atoms with Crippen molar-refractivity contribution in [1.82, 2.24) is 14.8 Å². The lowest BCUT2D eigenvalue weighted by molar-refractivity contribution is -0.139. The SMILES string of the molecule is CC1CCN(Cc2csc(NC(=O)c3ccc(OCC(=O)N4C(C)CCCC4C)cc3)n2)CC1. The Morgan fingerprint density at radius 2 is 1.74 bits per heavy atom. The summed E-state index contributed by atoms with van der Waals surface area (Å²) in [7, 11) is 0. The molecule has 1 aromatic heterocycles. The van der Waals surface area contributed by atoms with Crippen molar-refractivity contribution in [2.75, 3.05) is 25.0 Å². The van der Waals surface area contributed by atoms with Crippen LogP contribution in [0.1, 0.15) is 68.9 Å². The first-order valence-corrected chi connectivity index (χ1v) is 13.3. The number of aromatic nitrogens is 1. The van der Waals surface area contributed by atoms with Crippen molar-refractivity contribution in [3.05, 3.63) is 40.9 Å². The second-order valence-corrected chi connectivity index (χ2v) is 10.7. The monoisotopic (exact) mass is 484 g/mol. The van der Waals surface area contributed by atoms with Gasteiger partial charge in [0.2, 0.25) is 0 Å². The highest BCUT2D eigenvalue weighted by atomic mass is 32.1. The van der Waals surface area contributed by atoms with Crippen LogP contribution in [0.25, 0.3) is 0 Å². The molecule has 3 heterocycles. The van der Waals surface area contributed by atoms with Gasteiger partial charge in [-0.1, -0.05) is 6.92 Å². The van der Waals surface area contributed by atoms with E-state index in [-0.39, 0.29) is 30.5 Å². The third-order valence-electron chi connectivity index (χ3n) is 6.99. The third-order valence-corrected chi connectivity index (χ3v) is 7.80. The van der Waals surface area contributed by atoms with E-state index >= 15 is 0 Å². The average molecular weight is 485 g/mol. The lowest BCUT2D eigenvalue weighted by Crippen LogP contribution is -2.49. The molecule has 2 fully saturated rings. The number of carbonyl (C=O) groups excluding carboxylic acids is 2. The summed E-state index contributed by atoms with van der Waals surface area (Å²) >= 11 is 1.45. The highest BCUT2D eigenvalue weighted by Crippen LogP contribution is 2.24. The Labute approximate surface area is 206 Å². The van der Waals surface area contributed by atoms with E-state index in [0.29, 0.717) is 16.4 Å². The summed E-state index contributed by atoms with van der Waals surface area (Å²) in [4.78, 5) is 34.3. The predicted octanol–water partition coefficient (Wildman–Crippen LogP) is 4.80. The maximum Gasteiger partial charge on any atom is 0.260 e. The van der Waals surface area contributed by atoms with Gasteiger partial charge in [-0.25, -0.2) is 4.98 Å². The lowest BCUT2D eigenvalue weighted by atomic mass is 9.97. The summed E-state index contributed by atoms with van der Waals surface area (Å²) in [6.07, 6.45) is 5.71. The first-order chi connectivity index (χ1) is 16.4. The van der Waals surface area contributed by atoms with Gasteiger partial charge in [-0.05, 0) is 89.2 Å². The number of piperidine rings is 2. The molecule has 0 aliphatic carbocycles. The Morgan fingerprint density at radius 3 is 2.41 bits per heavy atom. The molecule has 0 radical (unpaired) electrons. The minimum Gasteiger partial charge on any atom is -0.484 e. The predicted molar refractivity (Wildman–Crippen MR) is 135 cm³/mol. The number of rotatable bonds is 7. The number of carbonyl (C=O) groups is 2. The first-order valence-electron chi connectivity index (χ1n) is 12.4. The van der Waals surface area contributed by atoms with Gasteiger partial charge >= 0.3 is 0 Å². The molecule has 34 heavy (non-hydrogen) atoms. The van der Waals surface area contributed by atoms with Crippen LogP contribution < -0.4 is 10.1 Å². The topological polar surface area (TPSA) is 74.8 Å². The van der Waals surface area contributed by atoms with E-state index in [4.69, 9.17) is 4.74 Å². The third kappa shape index (κ3) is 6.36. The summed E-state index contributed by atoms with van der Waals surface area (Å²) in [6, 6.07) is 7.39. The number of likely N-dealkylation sites (tertiary alicyclic amines) is 2. The molecule has 184 valence electrons. The molecule has 0 spiro atoms. The average Bonchev–Trinajstić information content (AvgIpc) is 3.26. The van der Waals surface area contributed by atoms with Crippen LogP contribution in [-0.2, 0) is 11.3 Å². The van der Waals surface area contributed by atoms with Crippen molar-refractivity contribution in [3.8, 4) is 5.75 Å². The summed E-state index contributed by atoms with van der Waals surface area (Å²) < 4.78 is 5.71. The number of nitrogens with zero attached hydrogens (tertiary/aromatic N) is 3. The van der Waals surface area contributed by atoms with Crippen LogP contribution in [0, 0.1) is 5.92 Å². The van der Waals surface area contributed by atoms with E-state index in [1.54, 1.807) is 24.3 Å². The fraction of sp³-hybridized carbons (Fsp3) is 0.577. The molecule has 1 aromatic carbocycles. The van der Waals surface area contributed by atoms with Crippen molar-refractivity contribution < 1.29 is 14.3 Å². The maximum absolute atomic E-state index is 12.6. The van der Waals surface area contributed by atoms with Crippen LogP contribution in [0.3, 0.4) is 0 Å². The molecule has 2 saturated heterocycles. The number of nitrogens with one attached hydrogen (secondary N) is 1. The Hall–Kier alpha value is -2.45. The number of benzene rings is 1. The maximum atomic E-state index is 12.6. The first kappa shape index (κ1) is 24.7. The summed E-state index contributed by atoms with van der Waals surface area (Å²) in [5, 5.41) is 5.53. The van der Waals surface area contributed by atoms with Crippen LogP contribution in [-0.4, -0.2) is 58.4 Å². The van der Waals surface area contributed by atoms with E-state index < -0.39 is 0 Å². The van der Waals surface area contributed by atoms with E-state index in [0.717, 1.165) is 50.5 Å². The zero-order valence-electron chi connectivity index (χ0n) is 20.5. The summed E-state index contributed by atoms with van der Waals surface area (Å²) in [6.45, 7) is 9.56. The molecule has 7 nitrogen and oxygen atoms in total. The van der Waals surface area contributed by atoms with Gasteiger partial charge in [0.15, 0.2) is 11.7 Å². The second-order valence-electron chi connectivity index (χ2n) is 9.80. The molecule has 4 rings (SSSR count). The van der Waals surface area contributed by atoms with Crippen LogP contribution in [0.5, 0.6) is 5.75 Å². The van der Waals surface area contributed by atoms with Crippen LogP contribution in [0.2, 0.25) is 0 Å². The Kier molecular flexibility index (Phi) is 8.21. The molecule has 2 aliphatic heterocycles. The van der Waals surface area contributed by atoms with Crippen LogP contribution in [0.4, 0.5) is 5.13 Å². The van der Waals surface area contributed by atoms with Gasteiger partial charge in [0, 0.05) is 29.6 Å². The normalized spacial score (nSPS) is 21.9. The fourth-order valence-electron chi connectivity index (χ4n) is 4.89. The van der Waals surface area contributed by atoms with Gasteiger partial charge < -0.3 is 9.64 Å². The van der Waals surface area contributed by atoms with Crippen molar-refractivity contribution in [1.29, 1.82) is 0 Å². The molecule has 8 heteroatoms.